The summed E-state index contributed by atoms with van der Waals surface area (Å²) in [6.07, 6.45) is 4.22. The van der Waals surface area contributed by atoms with E-state index in [1.54, 1.807) is 10.6 Å². The van der Waals surface area contributed by atoms with Gasteiger partial charge in [-0.3, -0.25) is 0 Å². The third-order valence-corrected chi connectivity index (χ3v) is 7.68. The summed E-state index contributed by atoms with van der Waals surface area (Å²) >= 11 is 0. The number of hydrogen-bond donors (Lipinski definition) is 0. The smallest absolute Gasteiger partial charge is 0.216 e. The van der Waals surface area contributed by atoms with Gasteiger partial charge in [0.25, 0.3) is 0 Å². The molecule has 0 spiro atoms. The average Bonchev–Trinajstić information content (AvgIpc) is 3.34. The van der Waals surface area contributed by atoms with Crippen LogP contribution < -0.4 is 9.47 Å². The first-order chi connectivity index (χ1) is 14.6. The molecule has 2 aliphatic rings. The number of imidazole rings is 1. The highest BCUT2D eigenvalue weighted by Gasteiger charge is 2.35. The first kappa shape index (κ1) is 19.4. The van der Waals surface area contributed by atoms with Crippen LogP contribution in [0.15, 0.2) is 48.8 Å². The molecule has 0 unspecified atom stereocenters. The van der Waals surface area contributed by atoms with Crippen molar-refractivity contribution in [1.29, 1.82) is 0 Å². The van der Waals surface area contributed by atoms with Gasteiger partial charge in [-0.1, -0.05) is 18.2 Å². The van der Waals surface area contributed by atoms with Crippen LogP contribution in [0, 0.1) is 0 Å². The van der Waals surface area contributed by atoms with Crippen molar-refractivity contribution in [2.75, 3.05) is 25.5 Å². The van der Waals surface area contributed by atoms with Crippen LogP contribution >= 0.6 is 0 Å². The van der Waals surface area contributed by atoms with E-state index in [2.05, 4.69) is 4.98 Å². The maximum absolute atomic E-state index is 13.2. The van der Waals surface area contributed by atoms with Crippen molar-refractivity contribution in [3.63, 3.8) is 0 Å². The average molecular weight is 428 g/mol. The summed E-state index contributed by atoms with van der Waals surface area (Å²) in [5.41, 5.74) is 2.79. The molecule has 2 aliphatic heterocycles. The molecule has 0 bridgehead atoms. The molecule has 158 valence electrons. The number of para-hydroxylation sites is 2. The molecule has 1 fully saturated rings. The van der Waals surface area contributed by atoms with E-state index in [4.69, 9.17) is 9.47 Å². The number of rotatable bonds is 5. The molecule has 1 atom stereocenters. The number of ether oxygens (including phenoxy) is 2. The minimum absolute atomic E-state index is 0.0500. The van der Waals surface area contributed by atoms with E-state index in [0.717, 1.165) is 41.6 Å². The van der Waals surface area contributed by atoms with Gasteiger partial charge in [0.1, 0.15) is 0 Å². The van der Waals surface area contributed by atoms with Crippen molar-refractivity contribution < 1.29 is 17.9 Å². The van der Waals surface area contributed by atoms with Gasteiger partial charge in [0.15, 0.2) is 11.5 Å². The highest BCUT2D eigenvalue weighted by molar-refractivity contribution is 7.89. The lowest BCUT2D eigenvalue weighted by molar-refractivity contribution is 0.296. The van der Waals surface area contributed by atoms with Crippen LogP contribution in [0.5, 0.6) is 11.5 Å². The summed E-state index contributed by atoms with van der Waals surface area (Å²) < 4.78 is 41.5. The molecule has 7 nitrogen and oxygen atoms in total. The van der Waals surface area contributed by atoms with Gasteiger partial charge in [-0.2, -0.15) is 4.31 Å². The maximum atomic E-state index is 13.2. The van der Waals surface area contributed by atoms with Gasteiger partial charge in [-0.25, -0.2) is 13.4 Å². The zero-order chi connectivity index (χ0) is 20.6. The van der Waals surface area contributed by atoms with Crippen LogP contribution in [0.3, 0.4) is 0 Å². The van der Waals surface area contributed by atoms with E-state index in [1.807, 2.05) is 47.0 Å². The van der Waals surface area contributed by atoms with Gasteiger partial charge in [-0.05, 0) is 42.7 Å². The Morgan fingerprint density at radius 2 is 1.87 bits per heavy atom. The fourth-order valence-corrected chi connectivity index (χ4v) is 6.00. The molecular formula is C22H25N3O4S. The molecule has 0 saturated carbocycles. The lowest BCUT2D eigenvalue weighted by atomic mass is 10.0. The third kappa shape index (κ3) is 3.65. The van der Waals surface area contributed by atoms with E-state index < -0.39 is 10.0 Å². The summed E-state index contributed by atoms with van der Waals surface area (Å²) in [4.78, 5) is 4.36. The normalized spacial score (nSPS) is 19.8. The van der Waals surface area contributed by atoms with E-state index >= 15 is 0 Å². The quantitative estimate of drug-likeness (QED) is 0.624. The van der Waals surface area contributed by atoms with Gasteiger partial charge in [0.2, 0.25) is 10.0 Å². The van der Waals surface area contributed by atoms with Gasteiger partial charge < -0.3 is 14.0 Å². The Morgan fingerprint density at radius 3 is 2.77 bits per heavy atom. The van der Waals surface area contributed by atoms with E-state index in [0.29, 0.717) is 32.1 Å². The number of sulfonamides is 1. The zero-order valence-corrected chi connectivity index (χ0v) is 17.6. The Morgan fingerprint density at radius 1 is 1.03 bits per heavy atom. The Labute approximate surface area is 176 Å². The number of aryl methyl sites for hydroxylation is 1. The third-order valence-electron chi connectivity index (χ3n) is 5.83. The number of benzene rings is 2. The summed E-state index contributed by atoms with van der Waals surface area (Å²) in [5.74, 6) is 1.49. The molecular weight excluding hydrogens is 402 g/mol. The molecule has 5 rings (SSSR count). The second kappa shape index (κ2) is 7.92. The van der Waals surface area contributed by atoms with E-state index in [1.165, 1.54) is 0 Å². The lowest BCUT2D eigenvalue weighted by Crippen LogP contribution is -2.33. The van der Waals surface area contributed by atoms with Crippen molar-refractivity contribution >= 4 is 21.1 Å². The summed E-state index contributed by atoms with van der Waals surface area (Å²) in [5, 5.41) is 0. The van der Waals surface area contributed by atoms with Gasteiger partial charge in [-0.15, -0.1) is 0 Å². The minimum Gasteiger partial charge on any atom is -0.490 e. The largest absolute Gasteiger partial charge is 0.490 e. The Hall–Kier alpha value is -2.58. The molecule has 30 heavy (non-hydrogen) atoms. The first-order valence-corrected chi connectivity index (χ1v) is 12.0. The van der Waals surface area contributed by atoms with Gasteiger partial charge in [0.05, 0.1) is 36.3 Å². The first-order valence-electron chi connectivity index (χ1n) is 10.4. The SMILES string of the molecule is O=S(=O)(CCn1cnc2ccccc21)N1CCC[C@@H]1c1ccc2c(c1)OCCCO2. The molecule has 3 aromatic rings. The maximum Gasteiger partial charge on any atom is 0.216 e. The van der Waals surface area contributed by atoms with Gasteiger partial charge in [0, 0.05) is 25.6 Å². The second-order valence-electron chi connectivity index (χ2n) is 7.77. The highest BCUT2D eigenvalue weighted by atomic mass is 32.2. The van der Waals surface area contributed by atoms with Crippen LogP contribution in [0.25, 0.3) is 11.0 Å². The van der Waals surface area contributed by atoms with E-state index in [9.17, 15) is 8.42 Å². The molecule has 8 heteroatoms. The molecule has 2 aromatic carbocycles. The molecule has 0 N–H and O–H groups in total. The van der Waals surface area contributed by atoms with Crippen molar-refractivity contribution in [2.45, 2.75) is 31.8 Å². The highest BCUT2D eigenvalue weighted by Crippen LogP contribution is 2.39. The summed E-state index contributed by atoms with van der Waals surface area (Å²) in [7, 11) is -3.42. The predicted molar refractivity (Wildman–Crippen MR) is 114 cm³/mol. The predicted octanol–water partition coefficient (Wildman–Crippen LogP) is 3.36. The number of aromatic nitrogens is 2. The fourth-order valence-electron chi connectivity index (χ4n) is 4.31. The van der Waals surface area contributed by atoms with Crippen molar-refractivity contribution in [3.8, 4) is 11.5 Å². The summed E-state index contributed by atoms with van der Waals surface area (Å²) in [6.45, 7) is 2.18. The topological polar surface area (TPSA) is 73.7 Å². The standard InChI is InChI=1S/C22H25N3O4S/c26-30(27,14-11-24-16-23-18-5-1-2-6-20(18)24)25-10-3-7-19(25)17-8-9-21-22(15-17)29-13-4-12-28-21/h1-2,5-6,8-9,15-16,19H,3-4,7,10-14H2/t19-/m1/s1. The van der Waals surface area contributed by atoms with Gasteiger partial charge >= 0.3 is 0 Å². The van der Waals surface area contributed by atoms with Crippen molar-refractivity contribution in [1.82, 2.24) is 13.9 Å². The van der Waals surface area contributed by atoms with E-state index in [-0.39, 0.29) is 11.8 Å². The molecule has 3 heterocycles. The van der Waals surface area contributed by atoms with Crippen LogP contribution in [-0.2, 0) is 16.6 Å². The Balaban J connectivity index is 1.35. The molecule has 0 aliphatic carbocycles. The fraction of sp³-hybridized carbons (Fsp3) is 0.409. The van der Waals surface area contributed by atoms with Crippen molar-refractivity contribution in [2.24, 2.45) is 0 Å². The van der Waals surface area contributed by atoms with Crippen molar-refractivity contribution in [3.05, 3.63) is 54.4 Å². The molecule has 0 amide bonds. The number of nitrogens with zero attached hydrogens (tertiary/aromatic N) is 3. The second-order valence-corrected chi connectivity index (χ2v) is 9.81. The monoisotopic (exact) mass is 427 g/mol. The Kier molecular flexibility index (Phi) is 5.12. The van der Waals surface area contributed by atoms with Crippen LogP contribution in [0.1, 0.15) is 30.9 Å². The van der Waals surface area contributed by atoms with Crippen LogP contribution in [-0.4, -0.2) is 47.8 Å². The minimum atomic E-state index is -3.42. The molecule has 1 aromatic heterocycles. The molecule has 0 radical (unpaired) electrons. The Bertz CT molecular complexity index is 1160. The zero-order valence-electron chi connectivity index (χ0n) is 16.7. The van der Waals surface area contributed by atoms with Crippen LogP contribution in [0.4, 0.5) is 0 Å². The molecule has 1 saturated heterocycles. The lowest BCUT2D eigenvalue weighted by Gasteiger charge is -2.25. The summed E-state index contributed by atoms with van der Waals surface area (Å²) in [6, 6.07) is 13.4. The van der Waals surface area contributed by atoms with Crippen LogP contribution in [0.2, 0.25) is 0 Å². The number of hydrogen-bond acceptors (Lipinski definition) is 5. The number of fused-ring (bicyclic) bond motifs is 2.